The minimum atomic E-state index is -4.36. The molecule has 0 saturated carbocycles. The molecule has 1 aromatic heterocycles. The van der Waals surface area contributed by atoms with Crippen LogP contribution in [0.4, 0.5) is 13.2 Å². The molecule has 0 radical (unpaired) electrons. The van der Waals surface area contributed by atoms with Crippen molar-refractivity contribution in [3.8, 4) is 10.4 Å². The summed E-state index contributed by atoms with van der Waals surface area (Å²) in [4.78, 5) is 11.5. The molecule has 2 aromatic rings. The number of carboxylic acids is 1. The predicted octanol–water partition coefficient (Wildman–Crippen LogP) is 4.13. The van der Waals surface area contributed by atoms with Gasteiger partial charge in [-0.05, 0) is 29.8 Å². The summed E-state index contributed by atoms with van der Waals surface area (Å²) >= 11 is 1.03. The van der Waals surface area contributed by atoms with E-state index in [0.29, 0.717) is 10.4 Å². The lowest BCUT2D eigenvalue weighted by Gasteiger charge is -2.06. The molecule has 18 heavy (non-hydrogen) atoms. The van der Waals surface area contributed by atoms with E-state index in [-0.39, 0.29) is 4.88 Å². The molecule has 0 amide bonds. The third-order valence-electron chi connectivity index (χ3n) is 2.31. The van der Waals surface area contributed by atoms with Crippen LogP contribution < -0.4 is 0 Å². The van der Waals surface area contributed by atoms with Gasteiger partial charge < -0.3 is 5.11 Å². The molecule has 94 valence electrons. The van der Waals surface area contributed by atoms with Crippen LogP contribution in [0.25, 0.3) is 10.4 Å². The van der Waals surface area contributed by atoms with Crippen molar-refractivity contribution in [2.75, 3.05) is 0 Å². The predicted molar refractivity (Wildman–Crippen MR) is 61.7 cm³/mol. The number of carbonyl (C=O) groups is 1. The van der Waals surface area contributed by atoms with Crippen LogP contribution in [0.1, 0.15) is 15.2 Å². The smallest absolute Gasteiger partial charge is 0.416 e. The molecule has 0 atom stereocenters. The largest absolute Gasteiger partial charge is 0.477 e. The minimum absolute atomic E-state index is 0.157. The second-order valence-corrected chi connectivity index (χ2v) is 4.63. The molecule has 0 unspecified atom stereocenters. The van der Waals surface area contributed by atoms with Crippen LogP contribution in [0.15, 0.2) is 36.4 Å². The maximum Gasteiger partial charge on any atom is 0.416 e. The number of hydrogen-bond donors (Lipinski definition) is 1. The Morgan fingerprint density at radius 1 is 1.06 bits per heavy atom. The summed E-state index contributed by atoms with van der Waals surface area (Å²) in [5.41, 5.74) is -0.151. The van der Waals surface area contributed by atoms with E-state index >= 15 is 0 Å². The summed E-state index contributed by atoms with van der Waals surface area (Å²) in [6, 6.07) is 7.64. The number of carboxylic acid groups (broad SMARTS) is 1. The first-order chi connectivity index (χ1) is 8.38. The van der Waals surface area contributed by atoms with E-state index in [2.05, 4.69) is 0 Å². The van der Waals surface area contributed by atoms with Crippen molar-refractivity contribution in [3.63, 3.8) is 0 Å². The van der Waals surface area contributed by atoms with Gasteiger partial charge in [0.15, 0.2) is 0 Å². The highest BCUT2D eigenvalue weighted by atomic mass is 32.1. The Labute approximate surface area is 104 Å². The Hall–Kier alpha value is -1.82. The average molecular weight is 272 g/mol. The molecule has 0 aliphatic rings. The van der Waals surface area contributed by atoms with Gasteiger partial charge >= 0.3 is 12.1 Å². The van der Waals surface area contributed by atoms with E-state index < -0.39 is 17.7 Å². The number of rotatable bonds is 2. The van der Waals surface area contributed by atoms with Crippen molar-refractivity contribution in [2.24, 2.45) is 0 Å². The molecule has 0 aliphatic heterocycles. The third kappa shape index (κ3) is 2.53. The maximum absolute atomic E-state index is 12.4. The second kappa shape index (κ2) is 4.45. The van der Waals surface area contributed by atoms with Crippen LogP contribution >= 0.6 is 11.3 Å². The fraction of sp³-hybridized carbons (Fsp3) is 0.0833. The Kier molecular flexibility index (Phi) is 3.13. The second-order valence-electron chi connectivity index (χ2n) is 3.54. The number of aromatic carboxylic acids is 1. The zero-order valence-corrected chi connectivity index (χ0v) is 9.68. The molecule has 0 aliphatic carbocycles. The molecular formula is C12H7F3O2S. The summed E-state index contributed by atoms with van der Waals surface area (Å²) in [7, 11) is 0. The molecule has 1 heterocycles. The SMILES string of the molecule is O=C(O)c1ccc(-c2ccc(C(F)(F)F)cc2)s1. The lowest BCUT2D eigenvalue weighted by molar-refractivity contribution is -0.137. The van der Waals surface area contributed by atoms with Crippen molar-refractivity contribution in [3.05, 3.63) is 46.8 Å². The minimum Gasteiger partial charge on any atom is -0.477 e. The van der Waals surface area contributed by atoms with Gasteiger partial charge in [0.05, 0.1) is 5.56 Å². The zero-order chi connectivity index (χ0) is 13.3. The van der Waals surface area contributed by atoms with Gasteiger partial charge in [-0.1, -0.05) is 12.1 Å². The average Bonchev–Trinajstić information content (AvgIpc) is 2.77. The van der Waals surface area contributed by atoms with E-state index in [4.69, 9.17) is 5.11 Å². The molecule has 0 spiro atoms. The molecule has 2 rings (SSSR count). The molecule has 0 fully saturated rings. The van der Waals surface area contributed by atoms with E-state index in [1.807, 2.05) is 0 Å². The summed E-state index contributed by atoms with van der Waals surface area (Å²) < 4.78 is 37.1. The van der Waals surface area contributed by atoms with E-state index in [1.54, 1.807) is 6.07 Å². The van der Waals surface area contributed by atoms with Crippen LogP contribution in [-0.2, 0) is 6.18 Å². The number of thiophene rings is 1. The van der Waals surface area contributed by atoms with Gasteiger partial charge in [-0.25, -0.2) is 4.79 Å². The van der Waals surface area contributed by atoms with Gasteiger partial charge in [-0.15, -0.1) is 11.3 Å². The Balaban J connectivity index is 2.31. The van der Waals surface area contributed by atoms with Crippen molar-refractivity contribution in [1.29, 1.82) is 0 Å². The summed E-state index contributed by atoms with van der Waals surface area (Å²) in [5, 5.41) is 8.76. The summed E-state index contributed by atoms with van der Waals surface area (Å²) in [5.74, 6) is -1.04. The van der Waals surface area contributed by atoms with Gasteiger partial charge in [0.25, 0.3) is 0 Å². The Morgan fingerprint density at radius 2 is 1.67 bits per heavy atom. The number of benzene rings is 1. The fourth-order valence-electron chi connectivity index (χ4n) is 1.43. The molecular weight excluding hydrogens is 265 g/mol. The lowest BCUT2D eigenvalue weighted by Crippen LogP contribution is -2.03. The summed E-state index contributed by atoms with van der Waals surface area (Å²) in [6.07, 6.45) is -4.36. The van der Waals surface area contributed by atoms with Crippen molar-refractivity contribution in [1.82, 2.24) is 0 Å². The van der Waals surface area contributed by atoms with Gasteiger partial charge in [-0.2, -0.15) is 13.2 Å². The highest BCUT2D eigenvalue weighted by Gasteiger charge is 2.30. The lowest BCUT2D eigenvalue weighted by atomic mass is 10.1. The highest BCUT2D eigenvalue weighted by molar-refractivity contribution is 7.17. The maximum atomic E-state index is 12.4. The van der Waals surface area contributed by atoms with E-state index in [1.165, 1.54) is 18.2 Å². The molecule has 0 bridgehead atoms. The van der Waals surface area contributed by atoms with Crippen molar-refractivity contribution < 1.29 is 23.1 Å². The highest BCUT2D eigenvalue weighted by Crippen LogP contribution is 2.33. The monoisotopic (exact) mass is 272 g/mol. The van der Waals surface area contributed by atoms with Crippen LogP contribution in [0.3, 0.4) is 0 Å². The van der Waals surface area contributed by atoms with Crippen LogP contribution in [0.2, 0.25) is 0 Å². The molecule has 2 nitrogen and oxygen atoms in total. The molecule has 6 heteroatoms. The van der Waals surface area contributed by atoms with Crippen molar-refractivity contribution >= 4 is 17.3 Å². The first-order valence-electron chi connectivity index (χ1n) is 4.88. The summed E-state index contributed by atoms with van der Waals surface area (Å²) in [6.45, 7) is 0. The molecule has 0 saturated heterocycles. The fourth-order valence-corrected chi connectivity index (χ4v) is 2.28. The Morgan fingerprint density at radius 3 is 2.11 bits per heavy atom. The third-order valence-corrected chi connectivity index (χ3v) is 3.44. The van der Waals surface area contributed by atoms with E-state index in [0.717, 1.165) is 23.5 Å². The van der Waals surface area contributed by atoms with E-state index in [9.17, 15) is 18.0 Å². The number of alkyl halides is 3. The zero-order valence-electron chi connectivity index (χ0n) is 8.86. The quantitative estimate of drug-likeness (QED) is 0.892. The first kappa shape index (κ1) is 12.6. The van der Waals surface area contributed by atoms with Crippen molar-refractivity contribution in [2.45, 2.75) is 6.18 Å². The van der Waals surface area contributed by atoms with Gasteiger partial charge in [0.1, 0.15) is 4.88 Å². The van der Waals surface area contributed by atoms with Gasteiger partial charge in [0.2, 0.25) is 0 Å². The first-order valence-corrected chi connectivity index (χ1v) is 5.70. The van der Waals surface area contributed by atoms with Crippen LogP contribution in [-0.4, -0.2) is 11.1 Å². The Bertz CT molecular complexity index is 570. The normalized spacial score (nSPS) is 11.5. The standard InChI is InChI=1S/C12H7F3O2S/c13-12(14,15)8-3-1-7(2-4-8)9-5-6-10(18-9)11(16)17/h1-6H,(H,16,17). The van der Waals surface area contributed by atoms with Crippen LogP contribution in [0.5, 0.6) is 0 Å². The number of halogens is 3. The number of hydrogen-bond acceptors (Lipinski definition) is 2. The topological polar surface area (TPSA) is 37.3 Å². The molecule has 1 N–H and O–H groups in total. The van der Waals surface area contributed by atoms with Gasteiger partial charge in [0, 0.05) is 4.88 Å². The van der Waals surface area contributed by atoms with Crippen LogP contribution in [0, 0.1) is 0 Å². The molecule has 1 aromatic carbocycles. The van der Waals surface area contributed by atoms with Gasteiger partial charge in [-0.3, -0.25) is 0 Å².